The van der Waals surface area contributed by atoms with E-state index in [0.717, 1.165) is 15.8 Å². The maximum Gasteiger partial charge on any atom is 0.322 e. The van der Waals surface area contributed by atoms with Crippen molar-refractivity contribution in [3.8, 4) is 0 Å². The first kappa shape index (κ1) is 54.2. The van der Waals surface area contributed by atoms with E-state index in [1.165, 1.54) is 6.33 Å². The van der Waals surface area contributed by atoms with Crippen LogP contribution >= 0.6 is 0 Å². The lowest BCUT2D eigenvalue weighted by Gasteiger charge is -2.29. The Morgan fingerprint density at radius 3 is 2.03 bits per heavy atom. The van der Waals surface area contributed by atoms with Crippen LogP contribution in [0.1, 0.15) is 49.9 Å². The molecule has 1 saturated heterocycles. The van der Waals surface area contributed by atoms with Crippen LogP contribution in [0, 0.1) is 5.92 Å². The lowest BCUT2D eigenvalue weighted by Crippen LogP contribution is -2.60. The second-order valence-electron chi connectivity index (χ2n) is 17.5. The van der Waals surface area contributed by atoms with Crippen molar-refractivity contribution in [2.45, 2.75) is 94.7 Å². The number of aliphatic carboxylic acids is 1. The summed E-state index contributed by atoms with van der Waals surface area (Å²) < 4.78 is 0. The van der Waals surface area contributed by atoms with Gasteiger partial charge in [-0.2, -0.15) is 0 Å². The number of rotatable bonds is 26. The zero-order chi connectivity index (χ0) is 51.6. The van der Waals surface area contributed by atoms with Gasteiger partial charge in [0.05, 0.1) is 37.8 Å². The summed E-state index contributed by atoms with van der Waals surface area (Å²) in [6, 6.07) is 6.61. The molecule has 0 aliphatic carbocycles. The standard InChI is InChI=1S/C47H62N12O12/c1-26(2)15-33(43(67)58-37(24-61)47(71)59-14-8-13-38(59)46(70)52-22-40(63)64)54-39(62)21-51-42(66)34(16-27-9-4-3-5-10-27)56-45(69)36(23-60)57-44(68)35(17-28-19-50-32-12-7-6-11-30(28)32)55-41(65)31(48)18-29-20-49-25-53-29/h3-7,9-12,19-20,25-26,31,33-38,50,60-61H,8,13-18,21-24,48H2,1-2H3,(H,49,53)(H,51,66)(H,52,70)(H,54,62)(H,55,65)(H,56,69)(H,57,68)(H,58,67)(H,63,64)/t31-,33-,34-,35-,36-,37-,38-/m0/s1. The lowest BCUT2D eigenvalue weighted by molar-refractivity contribution is -0.143. The van der Waals surface area contributed by atoms with Crippen molar-refractivity contribution in [2.75, 3.05) is 32.8 Å². The number of nitrogens with zero attached hydrogens (tertiary/aromatic N) is 2. The Kier molecular flexibility index (Phi) is 20.1. The third kappa shape index (κ3) is 15.9. The Balaban J connectivity index is 1.24. The van der Waals surface area contributed by atoms with Gasteiger partial charge in [0.1, 0.15) is 42.8 Å². The number of likely N-dealkylation sites (tertiary alicyclic amines) is 1. The molecule has 8 amide bonds. The summed E-state index contributed by atoms with van der Waals surface area (Å²) in [7, 11) is 0. The number of imidazole rings is 1. The Morgan fingerprint density at radius 2 is 1.35 bits per heavy atom. The maximum absolute atomic E-state index is 14.0. The number of carbonyl (C=O) groups excluding carboxylic acids is 8. The summed E-state index contributed by atoms with van der Waals surface area (Å²) in [5.74, 6) is -7.98. The zero-order valence-electron chi connectivity index (χ0n) is 39.3. The number of fused-ring (bicyclic) bond motifs is 1. The van der Waals surface area contributed by atoms with Crippen molar-refractivity contribution >= 4 is 64.1 Å². The number of hydrogen-bond acceptors (Lipinski definition) is 13. The highest BCUT2D eigenvalue weighted by molar-refractivity contribution is 5.98. The molecular weight excluding hydrogens is 925 g/mol. The van der Waals surface area contributed by atoms with Crippen LogP contribution in [-0.4, -0.2) is 164 Å². The van der Waals surface area contributed by atoms with E-state index in [4.69, 9.17) is 10.8 Å². The van der Waals surface area contributed by atoms with Crippen LogP contribution < -0.4 is 43.0 Å². The fourth-order valence-electron chi connectivity index (χ4n) is 8.01. The number of hydrogen-bond donors (Lipinski definition) is 13. The first-order valence-electron chi connectivity index (χ1n) is 23.1. The first-order valence-corrected chi connectivity index (χ1v) is 23.1. The highest BCUT2D eigenvalue weighted by Crippen LogP contribution is 2.21. The molecule has 0 saturated carbocycles. The van der Waals surface area contributed by atoms with Crippen molar-refractivity contribution in [3.63, 3.8) is 0 Å². The largest absolute Gasteiger partial charge is 0.480 e. The van der Waals surface area contributed by atoms with Gasteiger partial charge in [-0.15, -0.1) is 0 Å². The van der Waals surface area contributed by atoms with Gasteiger partial charge in [-0.25, -0.2) is 4.98 Å². The molecule has 3 heterocycles. The van der Waals surface area contributed by atoms with Gasteiger partial charge in [-0.05, 0) is 42.4 Å². The van der Waals surface area contributed by atoms with Gasteiger partial charge in [0, 0.05) is 49.1 Å². The summed E-state index contributed by atoms with van der Waals surface area (Å²) >= 11 is 0. The van der Waals surface area contributed by atoms with Crippen LogP contribution in [0.2, 0.25) is 0 Å². The number of aliphatic hydroxyl groups excluding tert-OH is 2. The van der Waals surface area contributed by atoms with Crippen LogP contribution in [0.15, 0.2) is 73.3 Å². The van der Waals surface area contributed by atoms with Crippen LogP contribution in [0.5, 0.6) is 0 Å². The van der Waals surface area contributed by atoms with Gasteiger partial charge in [0.25, 0.3) is 0 Å². The second-order valence-corrected chi connectivity index (χ2v) is 17.5. The van der Waals surface area contributed by atoms with E-state index in [0.29, 0.717) is 23.2 Å². The number of carboxylic acids is 1. The van der Waals surface area contributed by atoms with E-state index in [2.05, 4.69) is 52.2 Å². The molecule has 24 nitrogen and oxygen atoms in total. The molecule has 1 fully saturated rings. The number of aliphatic hydroxyl groups is 2. The molecule has 0 bridgehead atoms. The highest BCUT2D eigenvalue weighted by Gasteiger charge is 2.39. The van der Waals surface area contributed by atoms with E-state index < -0.39 is 122 Å². The van der Waals surface area contributed by atoms with Gasteiger partial charge in [-0.1, -0.05) is 62.4 Å². The molecule has 71 heavy (non-hydrogen) atoms. The van der Waals surface area contributed by atoms with E-state index in [1.54, 1.807) is 56.6 Å². The summed E-state index contributed by atoms with van der Waals surface area (Å²) in [5, 5.41) is 47.6. The second kappa shape index (κ2) is 26.3. The van der Waals surface area contributed by atoms with Crippen molar-refractivity contribution in [1.82, 2.24) is 57.1 Å². The fourth-order valence-corrected chi connectivity index (χ4v) is 8.01. The molecule has 2 aromatic heterocycles. The van der Waals surface area contributed by atoms with Gasteiger partial charge in [-0.3, -0.25) is 43.2 Å². The predicted octanol–water partition coefficient (Wildman–Crippen LogP) is -2.99. The summed E-state index contributed by atoms with van der Waals surface area (Å²) in [6.07, 6.45) is 5.29. The number of carbonyl (C=O) groups is 9. The molecule has 1 aliphatic heterocycles. The third-order valence-corrected chi connectivity index (χ3v) is 11.6. The Bertz CT molecular complexity index is 2480. The minimum Gasteiger partial charge on any atom is -0.480 e. The van der Waals surface area contributed by atoms with Gasteiger partial charge in [0.2, 0.25) is 47.3 Å². The van der Waals surface area contributed by atoms with Crippen molar-refractivity contribution in [2.24, 2.45) is 11.7 Å². The SMILES string of the molecule is CC(C)C[C@H](NC(=O)CNC(=O)[C@H](Cc1ccccc1)NC(=O)[C@H](CO)NC(=O)[C@H](Cc1c[nH]c2ccccc12)NC(=O)[C@@H](N)Cc1c[nH]cn1)C(=O)N[C@@H](CO)C(=O)N1CCC[C@H]1C(=O)NCC(=O)O. The number of benzene rings is 2. The first-order chi connectivity index (χ1) is 34.0. The molecule has 5 rings (SSSR count). The topological polar surface area (TPSA) is 372 Å². The van der Waals surface area contributed by atoms with Crippen molar-refractivity contribution in [1.29, 1.82) is 0 Å². The van der Waals surface area contributed by atoms with E-state index in [9.17, 15) is 53.4 Å². The van der Waals surface area contributed by atoms with E-state index >= 15 is 0 Å². The summed E-state index contributed by atoms with van der Waals surface area (Å²) in [6.45, 7) is 0.516. The number of aromatic nitrogens is 3. The quantitative estimate of drug-likeness (QED) is 0.0299. The number of H-pyrrole nitrogens is 2. The Morgan fingerprint density at radius 1 is 0.718 bits per heavy atom. The van der Waals surface area contributed by atoms with Gasteiger partial charge < -0.3 is 73.1 Å². The molecule has 0 unspecified atom stereocenters. The number of carboxylic acid groups (broad SMARTS) is 1. The lowest BCUT2D eigenvalue weighted by atomic mass is 10.0. The average molecular weight is 987 g/mol. The summed E-state index contributed by atoms with van der Waals surface area (Å²) in [4.78, 5) is 130. The monoisotopic (exact) mass is 986 g/mol. The molecule has 7 atom stereocenters. The van der Waals surface area contributed by atoms with Crippen molar-refractivity contribution < 1.29 is 58.5 Å². The van der Waals surface area contributed by atoms with Crippen LogP contribution in [-0.2, 0) is 62.4 Å². The molecule has 382 valence electrons. The molecule has 14 N–H and O–H groups in total. The number of amides is 8. The minimum atomic E-state index is -1.63. The maximum atomic E-state index is 14.0. The number of nitrogens with two attached hydrogens (primary N) is 1. The number of aromatic amines is 2. The van der Waals surface area contributed by atoms with Gasteiger partial charge in [0.15, 0.2) is 0 Å². The van der Waals surface area contributed by atoms with Crippen LogP contribution in [0.3, 0.4) is 0 Å². The van der Waals surface area contributed by atoms with E-state index in [1.807, 2.05) is 24.3 Å². The molecule has 0 spiro atoms. The zero-order valence-corrected chi connectivity index (χ0v) is 39.3. The molecule has 4 aromatic rings. The molecular formula is C47H62N12O12. The van der Waals surface area contributed by atoms with Crippen LogP contribution in [0.4, 0.5) is 0 Å². The molecule has 24 heteroatoms. The molecule has 0 radical (unpaired) electrons. The fraction of sp³-hybridized carbons (Fsp3) is 0.447. The van der Waals surface area contributed by atoms with Gasteiger partial charge >= 0.3 is 5.97 Å². The third-order valence-electron chi connectivity index (χ3n) is 11.6. The number of para-hydroxylation sites is 1. The molecule has 2 aromatic carbocycles. The number of nitrogens with one attached hydrogen (secondary N) is 9. The predicted molar refractivity (Wildman–Crippen MR) is 254 cm³/mol. The highest BCUT2D eigenvalue weighted by atomic mass is 16.4. The Hall–Kier alpha value is -7.70. The molecule has 1 aliphatic rings. The van der Waals surface area contributed by atoms with Crippen molar-refractivity contribution in [3.05, 3.63) is 90.1 Å². The normalized spacial score (nSPS) is 15.9. The Labute approximate surface area is 408 Å². The smallest absolute Gasteiger partial charge is 0.322 e. The van der Waals surface area contributed by atoms with Crippen LogP contribution in [0.25, 0.3) is 10.9 Å². The average Bonchev–Trinajstić information content (AvgIpc) is 4.15. The minimum absolute atomic E-state index is 0.0475. The summed E-state index contributed by atoms with van der Waals surface area (Å²) in [5.41, 5.74) is 8.73. The van der Waals surface area contributed by atoms with E-state index in [-0.39, 0.29) is 44.6 Å².